The van der Waals surface area contributed by atoms with E-state index in [0.717, 1.165) is 22.5 Å². The zero-order valence-electron chi connectivity index (χ0n) is 16.5. The summed E-state index contributed by atoms with van der Waals surface area (Å²) < 4.78 is 5.34. The van der Waals surface area contributed by atoms with E-state index in [1.165, 1.54) is 0 Å². The second-order valence-electron chi connectivity index (χ2n) is 7.05. The molecule has 0 bridgehead atoms. The van der Waals surface area contributed by atoms with Crippen molar-refractivity contribution in [1.82, 2.24) is 5.32 Å². The van der Waals surface area contributed by atoms with E-state index in [4.69, 9.17) is 4.74 Å². The summed E-state index contributed by atoms with van der Waals surface area (Å²) in [4.78, 5) is 28.7. The van der Waals surface area contributed by atoms with Crippen molar-refractivity contribution in [3.63, 3.8) is 0 Å². The molecule has 28 heavy (non-hydrogen) atoms. The van der Waals surface area contributed by atoms with Crippen LogP contribution in [0.1, 0.15) is 42.7 Å². The number of carbonyl (C=O) groups is 2. The Bertz CT molecular complexity index is 774. The van der Waals surface area contributed by atoms with E-state index in [9.17, 15) is 9.59 Å². The second-order valence-corrected chi connectivity index (χ2v) is 8.03. The number of hydrogen-bond donors (Lipinski definition) is 1. The lowest BCUT2D eigenvalue weighted by Crippen LogP contribution is -2.48. The van der Waals surface area contributed by atoms with Crippen LogP contribution in [0, 0.1) is 12.8 Å². The number of benzene rings is 1. The quantitative estimate of drug-likeness (QED) is 0.679. The van der Waals surface area contributed by atoms with Crippen LogP contribution in [0.15, 0.2) is 41.8 Å². The molecule has 2 atom stereocenters. The molecule has 1 N–H and O–H groups in total. The monoisotopic (exact) mass is 400 g/mol. The van der Waals surface area contributed by atoms with Crippen LogP contribution in [-0.4, -0.2) is 31.6 Å². The number of piperidine rings is 1. The maximum absolute atomic E-state index is 13.0. The van der Waals surface area contributed by atoms with E-state index >= 15 is 0 Å². The maximum Gasteiger partial charge on any atom is 0.227 e. The van der Waals surface area contributed by atoms with Gasteiger partial charge in [0.15, 0.2) is 0 Å². The standard InChI is InChI=1S/C22H28N2O3S/c1-3-27-14-5-13-23-22(26)18-11-12-20(25)24(17-9-7-16(2)8-10-17)21(18)19-6-4-15-28-19/h4,6-10,15,18,21H,3,5,11-14H2,1-2H3,(H,23,26). The van der Waals surface area contributed by atoms with Gasteiger partial charge < -0.3 is 15.0 Å². The van der Waals surface area contributed by atoms with Crippen LogP contribution in [0.25, 0.3) is 0 Å². The van der Waals surface area contributed by atoms with E-state index in [1.807, 2.05) is 60.5 Å². The summed E-state index contributed by atoms with van der Waals surface area (Å²) in [5.41, 5.74) is 1.99. The number of hydrogen-bond acceptors (Lipinski definition) is 4. The van der Waals surface area contributed by atoms with Crippen LogP contribution in [0.3, 0.4) is 0 Å². The molecule has 0 spiro atoms. The molecule has 5 nitrogen and oxygen atoms in total. The number of anilines is 1. The Labute approximate surface area is 170 Å². The van der Waals surface area contributed by atoms with E-state index in [-0.39, 0.29) is 23.8 Å². The number of amides is 2. The third-order valence-corrected chi connectivity index (χ3v) is 5.99. The Morgan fingerprint density at radius 1 is 1.29 bits per heavy atom. The Kier molecular flexibility index (Phi) is 7.23. The number of thiophene rings is 1. The van der Waals surface area contributed by atoms with Crippen molar-refractivity contribution in [3.8, 4) is 0 Å². The lowest BCUT2D eigenvalue weighted by molar-refractivity contribution is -0.129. The van der Waals surface area contributed by atoms with Crippen molar-refractivity contribution in [2.24, 2.45) is 5.92 Å². The Hall–Kier alpha value is -2.18. The predicted octanol–water partition coefficient (Wildman–Crippen LogP) is 4.08. The molecule has 150 valence electrons. The summed E-state index contributed by atoms with van der Waals surface area (Å²) in [5.74, 6) is -0.174. The van der Waals surface area contributed by atoms with Gasteiger partial charge in [0.1, 0.15) is 0 Å². The fourth-order valence-electron chi connectivity index (χ4n) is 3.62. The highest BCUT2D eigenvalue weighted by atomic mass is 32.1. The van der Waals surface area contributed by atoms with E-state index < -0.39 is 0 Å². The normalized spacial score (nSPS) is 19.6. The summed E-state index contributed by atoms with van der Waals surface area (Å²) in [5, 5.41) is 5.05. The van der Waals surface area contributed by atoms with Gasteiger partial charge in [-0.1, -0.05) is 23.8 Å². The van der Waals surface area contributed by atoms with Crippen LogP contribution in [0.2, 0.25) is 0 Å². The molecule has 1 aliphatic heterocycles. The summed E-state index contributed by atoms with van der Waals surface area (Å²) in [6.45, 7) is 5.90. The van der Waals surface area contributed by atoms with Gasteiger partial charge in [-0.3, -0.25) is 9.59 Å². The van der Waals surface area contributed by atoms with Crippen LogP contribution in [-0.2, 0) is 14.3 Å². The number of nitrogens with one attached hydrogen (secondary N) is 1. The SMILES string of the molecule is CCOCCCNC(=O)C1CCC(=O)N(c2ccc(C)cc2)C1c1cccs1. The number of carbonyl (C=O) groups excluding carboxylic acids is 2. The van der Waals surface area contributed by atoms with Gasteiger partial charge in [0.05, 0.1) is 12.0 Å². The van der Waals surface area contributed by atoms with Gasteiger partial charge in [0.25, 0.3) is 0 Å². The van der Waals surface area contributed by atoms with E-state index in [1.54, 1.807) is 11.3 Å². The molecule has 0 radical (unpaired) electrons. The fourth-order valence-corrected chi connectivity index (χ4v) is 4.50. The third-order valence-electron chi connectivity index (χ3n) is 5.05. The average Bonchev–Trinajstić information content (AvgIpc) is 3.23. The zero-order chi connectivity index (χ0) is 19.9. The number of aryl methyl sites for hydroxylation is 1. The first kappa shape index (κ1) is 20.6. The molecule has 3 rings (SSSR count). The topological polar surface area (TPSA) is 58.6 Å². The zero-order valence-corrected chi connectivity index (χ0v) is 17.3. The lowest BCUT2D eigenvalue weighted by Gasteiger charge is -2.40. The molecule has 0 aliphatic carbocycles. The van der Waals surface area contributed by atoms with Crippen LogP contribution < -0.4 is 10.2 Å². The fraction of sp³-hybridized carbons (Fsp3) is 0.455. The minimum Gasteiger partial charge on any atom is -0.382 e. The summed E-state index contributed by atoms with van der Waals surface area (Å²) >= 11 is 1.60. The predicted molar refractivity (Wildman–Crippen MR) is 113 cm³/mol. The van der Waals surface area contributed by atoms with Crippen LogP contribution >= 0.6 is 11.3 Å². The van der Waals surface area contributed by atoms with E-state index in [2.05, 4.69) is 5.32 Å². The summed E-state index contributed by atoms with van der Waals surface area (Å²) in [7, 11) is 0. The minimum absolute atomic E-state index is 0.0134. The van der Waals surface area contributed by atoms with Gasteiger partial charge >= 0.3 is 0 Å². The van der Waals surface area contributed by atoms with Crippen molar-refractivity contribution < 1.29 is 14.3 Å². The molecule has 2 amide bonds. The van der Waals surface area contributed by atoms with Gasteiger partial charge in [0.2, 0.25) is 11.8 Å². The minimum atomic E-state index is -0.268. The molecule has 1 aliphatic rings. The molecule has 1 saturated heterocycles. The third kappa shape index (κ3) is 4.80. The first-order valence-electron chi connectivity index (χ1n) is 9.89. The molecule has 1 aromatic carbocycles. The molecule has 2 unspecified atom stereocenters. The molecule has 1 aromatic heterocycles. The van der Waals surface area contributed by atoms with Crippen LogP contribution in [0.4, 0.5) is 5.69 Å². The molecular weight excluding hydrogens is 372 g/mol. The molecule has 2 aromatic rings. The number of rotatable bonds is 8. The second kappa shape index (κ2) is 9.85. The summed E-state index contributed by atoms with van der Waals surface area (Å²) in [6, 6.07) is 11.7. The van der Waals surface area contributed by atoms with Gasteiger partial charge in [0, 0.05) is 36.7 Å². The van der Waals surface area contributed by atoms with Gasteiger partial charge in [-0.05, 0) is 50.3 Å². The van der Waals surface area contributed by atoms with Crippen molar-refractivity contribution in [1.29, 1.82) is 0 Å². The summed E-state index contributed by atoms with van der Waals surface area (Å²) in [6.07, 6.45) is 1.74. The van der Waals surface area contributed by atoms with Gasteiger partial charge in [-0.2, -0.15) is 0 Å². The van der Waals surface area contributed by atoms with Crippen molar-refractivity contribution >= 4 is 28.8 Å². The van der Waals surface area contributed by atoms with E-state index in [0.29, 0.717) is 32.6 Å². The largest absolute Gasteiger partial charge is 0.382 e. The molecular formula is C22H28N2O3S. The highest BCUT2D eigenvalue weighted by Gasteiger charge is 2.41. The first-order valence-corrected chi connectivity index (χ1v) is 10.8. The van der Waals surface area contributed by atoms with Crippen molar-refractivity contribution in [2.75, 3.05) is 24.7 Å². The Morgan fingerprint density at radius 2 is 2.07 bits per heavy atom. The highest BCUT2D eigenvalue weighted by Crippen LogP contribution is 2.41. The molecule has 0 saturated carbocycles. The number of ether oxygens (including phenoxy) is 1. The molecule has 1 fully saturated rings. The highest BCUT2D eigenvalue weighted by molar-refractivity contribution is 7.10. The molecule has 6 heteroatoms. The molecule has 2 heterocycles. The average molecular weight is 401 g/mol. The van der Waals surface area contributed by atoms with Gasteiger partial charge in [-0.15, -0.1) is 11.3 Å². The Balaban J connectivity index is 1.82. The Morgan fingerprint density at radius 3 is 2.75 bits per heavy atom. The van der Waals surface area contributed by atoms with Crippen LogP contribution in [0.5, 0.6) is 0 Å². The number of nitrogens with zero attached hydrogens (tertiary/aromatic N) is 1. The van der Waals surface area contributed by atoms with Crippen molar-refractivity contribution in [2.45, 2.75) is 39.2 Å². The van der Waals surface area contributed by atoms with Crippen molar-refractivity contribution in [3.05, 3.63) is 52.2 Å². The maximum atomic E-state index is 13.0. The van der Waals surface area contributed by atoms with Gasteiger partial charge in [-0.25, -0.2) is 0 Å². The smallest absolute Gasteiger partial charge is 0.227 e. The first-order chi connectivity index (χ1) is 13.6. The lowest BCUT2D eigenvalue weighted by atomic mass is 9.86.